The molecular formula is C15H12F3N. The second-order valence-electron chi connectivity index (χ2n) is 4.66. The molecule has 0 fully saturated rings. The zero-order valence-electron chi connectivity index (χ0n) is 10.3. The van der Waals surface area contributed by atoms with E-state index in [0.29, 0.717) is 16.8 Å². The molecule has 0 aliphatic carbocycles. The zero-order chi connectivity index (χ0) is 13.6. The van der Waals surface area contributed by atoms with Crippen LogP contribution in [0, 0.1) is 0 Å². The number of fused-ring (bicyclic) bond motifs is 3. The maximum atomic E-state index is 13.3. The summed E-state index contributed by atoms with van der Waals surface area (Å²) < 4.78 is 40.0. The average Bonchev–Trinajstić information content (AvgIpc) is 2.38. The number of nitrogens with zero attached hydrogens (tertiary/aromatic N) is 1. The lowest BCUT2D eigenvalue weighted by atomic mass is 9.88. The Labute approximate surface area is 109 Å². The SMILES string of the molecule is CN1c2ccccc2-c2ccccc2C1C(F)(F)F. The van der Waals surface area contributed by atoms with Crippen molar-refractivity contribution in [2.75, 3.05) is 11.9 Å². The molecule has 1 aliphatic heterocycles. The first-order chi connectivity index (χ1) is 9.00. The number of rotatable bonds is 0. The summed E-state index contributed by atoms with van der Waals surface area (Å²) in [7, 11) is 1.49. The molecule has 2 aromatic carbocycles. The highest BCUT2D eigenvalue weighted by Crippen LogP contribution is 2.49. The van der Waals surface area contributed by atoms with Crippen LogP contribution >= 0.6 is 0 Å². The minimum absolute atomic E-state index is 0.316. The van der Waals surface area contributed by atoms with Crippen LogP contribution < -0.4 is 4.90 Å². The maximum Gasteiger partial charge on any atom is 0.413 e. The van der Waals surface area contributed by atoms with Crippen molar-refractivity contribution in [1.29, 1.82) is 0 Å². The summed E-state index contributed by atoms with van der Waals surface area (Å²) in [4.78, 5) is 1.30. The first-order valence-electron chi connectivity index (χ1n) is 5.98. The number of alkyl halides is 3. The van der Waals surface area contributed by atoms with Gasteiger partial charge in [0, 0.05) is 18.3 Å². The van der Waals surface area contributed by atoms with Gasteiger partial charge >= 0.3 is 6.18 Å². The second kappa shape index (κ2) is 4.02. The third-order valence-corrected chi connectivity index (χ3v) is 3.53. The number of anilines is 1. The quantitative estimate of drug-likeness (QED) is 0.680. The summed E-state index contributed by atoms with van der Waals surface area (Å²) in [6.45, 7) is 0. The Kier molecular flexibility index (Phi) is 2.55. The van der Waals surface area contributed by atoms with Crippen LogP contribution in [0.4, 0.5) is 18.9 Å². The lowest BCUT2D eigenvalue weighted by molar-refractivity contribution is -0.149. The van der Waals surface area contributed by atoms with Gasteiger partial charge in [-0.25, -0.2) is 0 Å². The normalized spacial score (nSPS) is 17.9. The fourth-order valence-electron chi connectivity index (χ4n) is 2.73. The molecule has 2 aromatic rings. The van der Waals surface area contributed by atoms with Crippen molar-refractivity contribution in [1.82, 2.24) is 0 Å². The van der Waals surface area contributed by atoms with Crippen LogP contribution in [0.15, 0.2) is 48.5 Å². The van der Waals surface area contributed by atoms with Gasteiger partial charge in [-0.1, -0.05) is 42.5 Å². The monoisotopic (exact) mass is 263 g/mol. The highest BCUT2D eigenvalue weighted by atomic mass is 19.4. The molecule has 0 saturated carbocycles. The fourth-order valence-corrected chi connectivity index (χ4v) is 2.73. The molecule has 0 amide bonds. The lowest BCUT2D eigenvalue weighted by Gasteiger charge is -2.38. The number of hydrogen-bond donors (Lipinski definition) is 0. The average molecular weight is 263 g/mol. The van der Waals surface area contributed by atoms with E-state index in [1.54, 1.807) is 36.4 Å². The molecule has 0 aromatic heterocycles. The summed E-state index contributed by atoms with van der Waals surface area (Å²) in [6.07, 6.45) is -4.29. The van der Waals surface area contributed by atoms with E-state index in [0.717, 1.165) is 5.56 Å². The fraction of sp³-hybridized carbons (Fsp3) is 0.200. The van der Waals surface area contributed by atoms with E-state index in [9.17, 15) is 13.2 Å². The summed E-state index contributed by atoms with van der Waals surface area (Å²) in [6, 6.07) is 12.3. The van der Waals surface area contributed by atoms with Crippen LogP contribution in [-0.2, 0) is 0 Å². The molecule has 1 unspecified atom stereocenters. The van der Waals surface area contributed by atoms with Crippen molar-refractivity contribution in [3.05, 3.63) is 54.1 Å². The van der Waals surface area contributed by atoms with Gasteiger partial charge in [0.05, 0.1) is 0 Å². The molecule has 0 saturated heterocycles. The van der Waals surface area contributed by atoms with E-state index in [4.69, 9.17) is 0 Å². The van der Waals surface area contributed by atoms with E-state index in [1.807, 2.05) is 12.1 Å². The molecule has 4 heteroatoms. The Hall–Kier alpha value is -1.97. The molecule has 1 aliphatic rings. The molecule has 1 nitrogen and oxygen atoms in total. The minimum atomic E-state index is -4.29. The van der Waals surface area contributed by atoms with Gasteiger partial charge in [0.15, 0.2) is 6.04 Å². The third-order valence-electron chi connectivity index (χ3n) is 3.53. The standard InChI is InChI=1S/C15H12F3N/c1-19-13-9-5-4-7-11(13)10-6-2-3-8-12(10)14(19)15(16,17)18/h2-9,14H,1H3. The molecular weight excluding hydrogens is 251 g/mol. The van der Waals surface area contributed by atoms with Gasteiger partial charge in [-0.15, -0.1) is 0 Å². The maximum absolute atomic E-state index is 13.3. The van der Waals surface area contributed by atoms with Gasteiger partial charge in [0.1, 0.15) is 0 Å². The molecule has 1 atom stereocenters. The van der Waals surface area contributed by atoms with Crippen LogP contribution in [-0.4, -0.2) is 13.2 Å². The van der Waals surface area contributed by atoms with E-state index in [1.165, 1.54) is 11.9 Å². The number of benzene rings is 2. The Morgan fingerprint density at radius 2 is 1.47 bits per heavy atom. The van der Waals surface area contributed by atoms with Gasteiger partial charge in [-0.2, -0.15) is 13.2 Å². The van der Waals surface area contributed by atoms with Gasteiger partial charge in [-0.05, 0) is 17.2 Å². The van der Waals surface area contributed by atoms with Gasteiger partial charge in [0.25, 0.3) is 0 Å². The van der Waals surface area contributed by atoms with Crippen molar-refractivity contribution >= 4 is 5.69 Å². The van der Waals surface area contributed by atoms with Crippen LogP contribution in [0.3, 0.4) is 0 Å². The Morgan fingerprint density at radius 1 is 0.895 bits per heavy atom. The van der Waals surface area contributed by atoms with Gasteiger partial charge in [-0.3, -0.25) is 0 Å². The molecule has 0 N–H and O–H groups in total. The molecule has 3 rings (SSSR count). The highest BCUT2D eigenvalue weighted by molar-refractivity contribution is 5.84. The molecule has 98 valence electrons. The molecule has 0 radical (unpaired) electrons. The van der Waals surface area contributed by atoms with E-state index in [2.05, 4.69) is 0 Å². The zero-order valence-corrected chi connectivity index (χ0v) is 10.3. The largest absolute Gasteiger partial charge is 0.413 e. The van der Waals surface area contributed by atoms with Crippen LogP contribution in [0.5, 0.6) is 0 Å². The van der Waals surface area contributed by atoms with Gasteiger partial charge < -0.3 is 4.90 Å². The summed E-state index contributed by atoms with van der Waals surface area (Å²) in [5.41, 5.74) is 2.44. The van der Waals surface area contributed by atoms with Crippen LogP contribution in [0.25, 0.3) is 11.1 Å². The molecule has 19 heavy (non-hydrogen) atoms. The third kappa shape index (κ3) is 1.79. The number of para-hydroxylation sites is 1. The summed E-state index contributed by atoms with van der Waals surface area (Å²) >= 11 is 0. The Balaban J connectivity index is 2.30. The Morgan fingerprint density at radius 3 is 2.16 bits per heavy atom. The van der Waals surface area contributed by atoms with E-state index >= 15 is 0 Å². The predicted octanol–water partition coefficient (Wildman–Crippen LogP) is 4.41. The van der Waals surface area contributed by atoms with E-state index in [-0.39, 0.29) is 0 Å². The minimum Gasteiger partial charge on any atom is -0.359 e. The Bertz CT molecular complexity index is 619. The van der Waals surface area contributed by atoms with Crippen molar-refractivity contribution in [3.63, 3.8) is 0 Å². The number of halogens is 3. The number of hydrogen-bond acceptors (Lipinski definition) is 1. The highest BCUT2D eigenvalue weighted by Gasteiger charge is 2.47. The van der Waals surface area contributed by atoms with Crippen molar-refractivity contribution in [3.8, 4) is 11.1 Å². The van der Waals surface area contributed by atoms with E-state index < -0.39 is 12.2 Å². The molecule has 0 bridgehead atoms. The molecule has 1 heterocycles. The van der Waals surface area contributed by atoms with Crippen LogP contribution in [0.2, 0.25) is 0 Å². The smallest absolute Gasteiger partial charge is 0.359 e. The van der Waals surface area contributed by atoms with Crippen LogP contribution in [0.1, 0.15) is 11.6 Å². The predicted molar refractivity (Wildman–Crippen MR) is 69.1 cm³/mol. The first kappa shape index (κ1) is 12.1. The second-order valence-corrected chi connectivity index (χ2v) is 4.66. The summed E-state index contributed by atoms with van der Waals surface area (Å²) in [5.74, 6) is 0. The van der Waals surface area contributed by atoms with Gasteiger partial charge in [0.2, 0.25) is 0 Å². The lowest BCUT2D eigenvalue weighted by Crippen LogP contribution is -2.38. The summed E-state index contributed by atoms with van der Waals surface area (Å²) in [5, 5.41) is 0. The van der Waals surface area contributed by atoms with Crippen molar-refractivity contribution < 1.29 is 13.2 Å². The first-order valence-corrected chi connectivity index (χ1v) is 5.98. The molecule has 0 spiro atoms. The van der Waals surface area contributed by atoms with Crippen molar-refractivity contribution in [2.45, 2.75) is 12.2 Å². The topological polar surface area (TPSA) is 3.24 Å². The van der Waals surface area contributed by atoms with Crippen molar-refractivity contribution in [2.24, 2.45) is 0 Å².